The quantitative estimate of drug-likeness (QED) is 0.303. The summed E-state index contributed by atoms with van der Waals surface area (Å²) in [6, 6.07) is 6.65. The number of nitrogens with zero attached hydrogens (tertiary/aromatic N) is 5. The van der Waals surface area contributed by atoms with Crippen LogP contribution in [0.2, 0.25) is 0 Å². The highest BCUT2D eigenvalue weighted by Crippen LogP contribution is 2.33. The normalized spacial score (nSPS) is 14.7. The first-order valence-corrected chi connectivity index (χ1v) is 12.8. The van der Waals surface area contributed by atoms with Gasteiger partial charge in [0.25, 0.3) is 0 Å². The number of nitrogens with one attached hydrogen (secondary N) is 2. The van der Waals surface area contributed by atoms with Crippen molar-refractivity contribution in [1.29, 1.82) is 0 Å². The predicted octanol–water partition coefficient (Wildman–Crippen LogP) is 5.25. The second-order valence-corrected chi connectivity index (χ2v) is 10.3. The Kier molecular flexibility index (Phi) is 6.47. The van der Waals surface area contributed by atoms with Crippen molar-refractivity contribution in [3.05, 3.63) is 47.0 Å². The summed E-state index contributed by atoms with van der Waals surface area (Å²) in [5, 5.41) is 21.0. The topological polar surface area (TPSA) is 101 Å². The van der Waals surface area contributed by atoms with E-state index in [0.717, 1.165) is 40.8 Å². The monoisotopic (exact) mass is 477 g/mol. The van der Waals surface area contributed by atoms with E-state index in [1.807, 2.05) is 18.6 Å². The van der Waals surface area contributed by atoms with Crippen LogP contribution < -0.4 is 10.6 Å². The minimum atomic E-state index is -0.744. The van der Waals surface area contributed by atoms with Crippen molar-refractivity contribution in [2.75, 3.05) is 17.2 Å². The highest BCUT2D eigenvalue weighted by Gasteiger charge is 2.22. The Morgan fingerprint density at radius 1 is 1.12 bits per heavy atom. The van der Waals surface area contributed by atoms with Crippen molar-refractivity contribution in [2.45, 2.75) is 64.1 Å². The molecular formula is C25H31N7OS. The van der Waals surface area contributed by atoms with Gasteiger partial charge in [0.1, 0.15) is 0 Å². The molecule has 1 fully saturated rings. The molecule has 5 rings (SSSR count). The van der Waals surface area contributed by atoms with Crippen molar-refractivity contribution in [3.8, 4) is 11.3 Å². The standard InChI is InChI=1S/C25H31N7OS/c1-25(2,33)10-11-26-24-30-22(21-23(31-24)32(16-29-21)19-5-3-4-6-19)28-14-17-7-8-20(27-13-17)18-9-12-34-15-18/h7-9,12-13,15-16,19,33H,3-6,10-11,14H2,1-2H3,(H2,26,28,30,31). The van der Waals surface area contributed by atoms with Crippen molar-refractivity contribution in [3.63, 3.8) is 0 Å². The number of thiophene rings is 1. The Morgan fingerprint density at radius 2 is 1.97 bits per heavy atom. The zero-order chi connectivity index (χ0) is 23.5. The lowest BCUT2D eigenvalue weighted by Crippen LogP contribution is -2.23. The lowest BCUT2D eigenvalue weighted by atomic mass is 10.1. The number of hydrogen-bond donors (Lipinski definition) is 3. The molecule has 9 heteroatoms. The van der Waals surface area contributed by atoms with Gasteiger partial charge in [0.15, 0.2) is 17.0 Å². The molecule has 0 radical (unpaired) electrons. The van der Waals surface area contributed by atoms with E-state index in [9.17, 15) is 5.11 Å². The van der Waals surface area contributed by atoms with Crippen LogP contribution >= 0.6 is 11.3 Å². The lowest BCUT2D eigenvalue weighted by molar-refractivity contribution is 0.0748. The molecule has 3 N–H and O–H groups in total. The smallest absolute Gasteiger partial charge is 0.226 e. The van der Waals surface area contributed by atoms with Crippen LogP contribution in [0.4, 0.5) is 11.8 Å². The predicted molar refractivity (Wildman–Crippen MR) is 137 cm³/mol. The minimum absolute atomic E-state index is 0.436. The molecule has 4 heterocycles. The summed E-state index contributed by atoms with van der Waals surface area (Å²) in [7, 11) is 0. The van der Waals surface area contributed by atoms with Crippen LogP contribution in [0.25, 0.3) is 22.4 Å². The zero-order valence-corrected chi connectivity index (χ0v) is 20.5. The number of aliphatic hydroxyl groups is 1. The molecule has 4 aromatic heterocycles. The maximum absolute atomic E-state index is 10.1. The Morgan fingerprint density at radius 3 is 2.68 bits per heavy atom. The van der Waals surface area contributed by atoms with Crippen molar-refractivity contribution in [2.24, 2.45) is 0 Å². The molecule has 0 aliphatic heterocycles. The summed E-state index contributed by atoms with van der Waals surface area (Å²) in [5.41, 5.74) is 4.07. The fourth-order valence-corrected chi connectivity index (χ4v) is 4.99. The van der Waals surface area contributed by atoms with Gasteiger partial charge in [-0.05, 0) is 56.2 Å². The summed E-state index contributed by atoms with van der Waals surface area (Å²) in [4.78, 5) is 18.8. The van der Waals surface area contributed by atoms with E-state index < -0.39 is 5.60 Å². The van der Waals surface area contributed by atoms with Crippen LogP contribution in [0.3, 0.4) is 0 Å². The molecule has 0 spiro atoms. The third-order valence-corrected chi connectivity index (χ3v) is 6.94. The van der Waals surface area contributed by atoms with Crippen molar-refractivity contribution < 1.29 is 5.11 Å². The maximum Gasteiger partial charge on any atom is 0.226 e. The fourth-order valence-electron chi connectivity index (χ4n) is 4.34. The lowest BCUT2D eigenvalue weighted by Gasteiger charge is -2.17. The summed E-state index contributed by atoms with van der Waals surface area (Å²) in [6.07, 6.45) is 9.19. The number of rotatable bonds is 9. The Balaban J connectivity index is 1.38. The van der Waals surface area contributed by atoms with Gasteiger partial charge in [-0.25, -0.2) is 4.98 Å². The first-order chi connectivity index (χ1) is 16.5. The van der Waals surface area contributed by atoms with Gasteiger partial charge in [0.05, 0.1) is 17.6 Å². The van der Waals surface area contributed by atoms with Crippen molar-refractivity contribution >= 4 is 34.3 Å². The van der Waals surface area contributed by atoms with Gasteiger partial charge in [-0.1, -0.05) is 18.9 Å². The molecule has 1 aliphatic carbocycles. The maximum atomic E-state index is 10.1. The molecule has 0 aromatic carbocycles. The van der Waals surface area contributed by atoms with Crippen LogP contribution in [0.5, 0.6) is 0 Å². The number of hydrogen-bond acceptors (Lipinski definition) is 8. The van der Waals surface area contributed by atoms with Crippen molar-refractivity contribution in [1.82, 2.24) is 24.5 Å². The van der Waals surface area contributed by atoms with Gasteiger partial charge in [-0.2, -0.15) is 21.3 Å². The molecule has 0 bridgehead atoms. The molecule has 178 valence electrons. The van der Waals surface area contributed by atoms with Gasteiger partial charge in [0.2, 0.25) is 5.95 Å². The second-order valence-electron chi connectivity index (χ2n) is 9.56. The number of fused-ring (bicyclic) bond motifs is 1. The first-order valence-electron chi connectivity index (χ1n) is 11.9. The molecule has 0 unspecified atom stereocenters. The fraction of sp³-hybridized carbons (Fsp3) is 0.440. The summed E-state index contributed by atoms with van der Waals surface area (Å²) in [6.45, 7) is 4.78. The van der Waals surface area contributed by atoms with E-state index >= 15 is 0 Å². The van der Waals surface area contributed by atoms with Gasteiger partial charge < -0.3 is 20.3 Å². The van der Waals surface area contributed by atoms with Gasteiger partial charge in [0, 0.05) is 36.3 Å². The summed E-state index contributed by atoms with van der Waals surface area (Å²) in [5.74, 6) is 1.25. The van der Waals surface area contributed by atoms with E-state index in [1.54, 1.807) is 25.2 Å². The summed E-state index contributed by atoms with van der Waals surface area (Å²) < 4.78 is 2.20. The Bertz CT molecular complexity index is 1220. The van der Waals surface area contributed by atoms with Crippen LogP contribution in [0.15, 0.2) is 41.5 Å². The largest absolute Gasteiger partial charge is 0.390 e. The van der Waals surface area contributed by atoms with E-state index in [0.29, 0.717) is 37.3 Å². The van der Waals surface area contributed by atoms with Gasteiger partial charge in [-0.3, -0.25) is 4.98 Å². The average Bonchev–Trinajstić information content (AvgIpc) is 3.58. The molecule has 0 atom stereocenters. The highest BCUT2D eigenvalue weighted by molar-refractivity contribution is 7.08. The molecule has 0 saturated heterocycles. The molecule has 1 saturated carbocycles. The molecule has 34 heavy (non-hydrogen) atoms. The number of imidazole rings is 1. The average molecular weight is 478 g/mol. The van der Waals surface area contributed by atoms with E-state index in [4.69, 9.17) is 9.97 Å². The molecule has 0 amide bonds. The third kappa shape index (κ3) is 5.20. The van der Waals surface area contributed by atoms with Gasteiger partial charge in [-0.15, -0.1) is 0 Å². The Labute approximate surface area is 203 Å². The highest BCUT2D eigenvalue weighted by atomic mass is 32.1. The second kappa shape index (κ2) is 9.68. The zero-order valence-electron chi connectivity index (χ0n) is 19.7. The van der Waals surface area contributed by atoms with Crippen LogP contribution in [-0.2, 0) is 6.54 Å². The van der Waals surface area contributed by atoms with E-state index in [2.05, 4.69) is 48.1 Å². The van der Waals surface area contributed by atoms with Crippen LogP contribution in [-0.4, -0.2) is 41.8 Å². The van der Waals surface area contributed by atoms with E-state index in [-0.39, 0.29) is 0 Å². The number of aromatic nitrogens is 5. The number of pyridine rings is 1. The molecule has 4 aromatic rings. The minimum Gasteiger partial charge on any atom is -0.390 e. The van der Waals surface area contributed by atoms with Gasteiger partial charge >= 0.3 is 0 Å². The number of anilines is 2. The Hall–Kier alpha value is -3.04. The first kappa shape index (κ1) is 22.7. The van der Waals surface area contributed by atoms with E-state index in [1.165, 1.54) is 12.8 Å². The third-order valence-electron chi connectivity index (χ3n) is 6.26. The molecule has 1 aliphatic rings. The molecule has 8 nitrogen and oxygen atoms in total. The van der Waals surface area contributed by atoms with Crippen LogP contribution in [0, 0.1) is 0 Å². The van der Waals surface area contributed by atoms with Crippen LogP contribution in [0.1, 0.15) is 57.6 Å². The summed E-state index contributed by atoms with van der Waals surface area (Å²) >= 11 is 1.67. The molecular weight excluding hydrogens is 446 g/mol. The SMILES string of the molecule is CC(C)(O)CCNc1nc(NCc2ccc(-c3ccsc3)nc2)c2ncn(C3CCCC3)c2n1.